The molecule has 0 saturated carbocycles. The van der Waals surface area contributed by atoms with Gasteiger partial charge in [0.2, 0.25) is 0 Å². The maximum Gasteiger partial charge on any atom is 0.251 e. The number of rotatable bonds is 6. The summed E-state index contributed by atoms with van der Waals surface area (Å²) < 4.78 is 11.1. The highest BCUT2D eigenvalue weighted by Crippen LogP contribution is 2.28. The van der Waals surface area contributed by atoms with Crippen molar-refractivity contribution in [2.24, 2.45) is 0 Å². The van der Waals surface area contributed by atoms with Crippen LogP contribution in [0.25, 0.3) is 0 Å². The van der Waals surface area contributed by atoms with Crippen LogP contribution < -0.4 is 14.8 Å². The summed E-state index contributed by atoms with van der Waals surface area (Å²) in [4.78, 5) is 12.1. The van der Waals surface area contributed by atoms with Crippen molar-refractivity contribution in [1.82, 2.24) is 5.32 Å². The Hall–Kier alpha value is -2.49. The van der Waals surface area contributed by atoms with E-state index in [0.29, 0.717) is 23.7 Å². The van der Waals surface area contributed by atoms with E-state index in [1.807, 2.05) is 44.2 Å². The number of nitrogens with one attached hydrogen (secondary N) is 1. The van der Waals surface area contributed by atoms with Gasteiger partial charge in [-0.15, -0.1) is 0 Å². The third kappa shape index (κ3) is 4.25. The van der Waals surface area contributed by atoms with E-state index in [9.17, 15) is 4.79 Å². The zero-order valence-corrected chi connectivity index (χ0v) is 13.1. The summed E-state index contributed by atoms with van der Waals surface area (Å²) >= 11 is 0. The second-order valence-electron chi connectivity index (χ2n) is 5.27. The highest BCUT2D eigenvalue weighted by Gasteiger charge is 2.12. The highest BCUT2D eigenvalue weighted by molar-refractivity contribution is 5.95. The number of amides is 1. The first kappa shape index (κ1) is 15.9. The van der Waals surface area contributed by atoms with Crippen LogP contribution in [0.1, 0.15) is 29.8 Å². The van der Waals surface area contributed by atoms with Crippen molar-refractivity contribution in [3.8, 4) is 11.5 Å². The van der Waals surface area contributed by atoms with E-state index in [2.05, 4.69) is 5.32 Å². The lowest BCUT2D eigenvalue weighted by molar-refractivity contribution is 0.0942. The van der Waals surface area contributed by atoms with Crippen molar-refractivity contribution in [2.45, 2.75) is 26.5 Å². The standard InChI is InChI=1S/C18H21NO3/c1-13(2)19-18(20)15-9-10-16(21-3)17(11-15)22-12-14-7-5-4-6-8-14/h4-11,13H,12H2,1-3H3,(H,19,20). The molecule has 0 spiro atoms. The van der Waals surface area contributed by atoms with Gasteiger partial charge in [0, 0.05) is 11.6 Å². The molecular formula is C18H21NO3. The Bertz CT molecular complexity index is 623. The molecule has 2 aromatic carbocycles. The minimum absolute atomic E-state index is 0.0864. The van der Waals surface area contributed by atoms with Crippen molar-refractivity contribution < 1.29 is 14.3 Å². The maximum absolute atomic E-state index is 12.1. The first-order valence-electron chi connectivity index (χ1n) is 7.25. The summed E-state index contributed by atoms with van der Waals surface area (Å²) in [6.45, 7) is 4.27. The van der Waals surface area contributed by atoms with Crippen LogP contribution in [-0.4, -0.2) is 19.1 Å². The van der Waals surface area contributed by atoms with Crippen molar-refractivity contribution in [2.75, 3.05) is 7.11 Å². The van der Waals surface area contributed by atoms with Gasteiger partial charge in [-0.05, 0) is 37.6 Å². The Labute approximate surface area is 131 Å². The fraction of sp³-hybridized carbons (Fsp3) is 0.278. The van der Waals surface area contributed by atoms with Gasteiger partial charge < -0.3 is 14.8 Å². The molecule has 0 radical (unpaired) electrons. The molecule has 2 rings (SSSR count). The number of hydrogen-bond donors (Lipinski definition) is 1. The molecule has 1 amide bonds. The molecule has 4 heteroatoms. The molecule has 1 N–H and O–H groups in total. The van der Waals surface area contributed by atoms with Gasteiger partial charge in [-0.1, -0.05) is 30.3 Å². The average Bonchev–Trinajstić information content (AvgIpc) is 2.53. The third-order valence-corrected chi connectivity index (χ3v) is 3.08. The fourth-order valence-electron chi connectivity index (χ4n) is 2.01. The maximum atomic E-state index is 12.1. The Kier molecular flexibility index (Phi) is 5.42. The second kappa shape index (κ2) is 7.50. The summed E-state index contributed by atoms with van der Waals surface area (Å²) in [5.41, 5.74) is 1.61. The molecule has 116 valence electrons. The molecule has 4 nitrogen and oxygen atoms in total. The van der Waals surface area contributed by atoms with E-state index in [1.54, 1.807) is 25.3 Å². The van der Waals surface area contributed by atoms with Gasteiger partial charge in [-0.3, -0.25) is 4.79 Å². The summed E-state index contributed by atoms with van der Waals surface area (Å²) in [6.07, 6.45) is 0. The number of carbonyl (C=O) groups is 1. The van der Waals surface area contributed by atoms with Crippen LogP contribution in [0.3, 0.4) is 0 Å². The summed E-state index contributed by atoms with van der Waals surface area (Å²) in [5.74, 6) is 1.04. The first-order valence-corrected chi connectivity index (χ1v) is 7.25. The van der Waals surface area contributed by atoms with Crippen molar-refractivity contribution in [3.05, 3.63) is 59.7 Å². The van der Waals surface area contributed by atoms with E-state index < -0.39 is 0 Å². The Morgan fingerprint density at radius 3 is 2.45 bits per heavy atom. The van der Waals surface area contributed by atoms with Gasteiger partial charge in [-0.25, -0.2) is 0 Å². The van der Waals surface area contributed by atoms with E-state index in [-0.39, 0.29) is 11.9 Å². The number of hydrogen-bond acceptors (Lipinski definition) is 3. The zero-order valence-electron chi connectivity index (χ0n) is 13.1. The molecule has 0 fully saturated rings. The molecule has 0 heterocycles. The van der Waals surface area contributed by atoms with Crippen LogP contribution in [0, 0.1) is 0 Å². The molecule has 2 aromatic rings. The van der Waals surface area contributed by atoms with Crippen molar-refractivity contribution >= 4 is 5.91 Å². The highest BCUT2D eigenvalue weighted by atomic mass is 16.5. The molecule has 0 atom stereocenters. The largest absolute Gasteiger partial charge is 0.493 e. The molecular weight excluding hydrogens is 278 g/mol. The van der Waals surface area contributed by atoms with E-state index in [4.69, 9.17) is 9.47 Å². The van der Waals surface area contributed by atoms with Crippen LogP contribution >= 0.6 is 0 Å². The van der Waals surface area contributed by atoms with Crippen molar-refractivity contribution in [1.29, 1.82) is 0 Å². The van der Waals surface area contributed by atoms with Gasteiger partial charge in [0.05, 0.1) is 7.11 Å². The second-order valence-corrected chi connectivity index (χ2v) is 5.27. The SMILES string of the molecule is COc1ccc(C(=O)NC(C)C)cc1OCc1ccccc1. The molecule has 0 aliphatic rings. The predicted octanol–water partition coefficient (Wildman–Crippen LogP) is 3.41. The molecule has 0 aliphatic heterocycles. The van der Waals surface area contributed by atoms with Gasteiger partial charge in [0.25, 0.3) is 5.91 Å². The average molecular weight is 299 g/mol. The minimum atomic E-state index is -0.123. The molecule has 0 unspecified atom stereocenters. The van der Waals surface area contributed by atoms with Gasteiger partial charge >= 0.3 is 0 Å². The third-order valence-electron chi connectivity index (χ3n) is 3.08. The number of methoxy groups -OCH3 is 1. The monoisotopic (exact) mass is 299 g/mol. The van der Waals surface area contributed by atoms with E-state index >= 15 is 0 Å². The lowest BCUT2D eigenvalue weighted by Crippen LogP contribution is -2.30. The van der Waals surface area contributed by atoms with E-state index in [1.165, 1.54) is 0 Å². The van der Waals surface area contributed by atoms with Gasteiger partial charge in [0.15, 0.2) is 11.5 Å². The number of benzene rings is 2. The van der Waals surface area contributed by atoms with Crippen LogP contribution in [0.15, 0.2) is 48.5 Å². The molecule has 0 saturated heterocycles. The van der Waals surface area contributed by atoms with Crippen LogP contribution in [0.2, 0.25) is 0 Å². The van der Waals surface area contributed by atoms with Crippen LogP contribution in [0.5, 0.6) is 11.5 Å². The Morgan fingerprint density at radius 1 is 1.09 bits per heavy atom. The van der Waals surface area contributed by atoms with Gasteiger partial charge in [0.1, 0.15) is 6.61 Å². The number of ether oxygens (including phenoxy) is 2. The first-order chi connectivity index (χ1) is 10.6. The van der Waals surface area contributed by atoms with E-state index in [0.717, 1.165) is 5.56 Å². The topological polar surface area (TPSA) is 47.6 Å². The summed E-state index contributed by atoms with van der Waals surface area (Å²) in [6, 6.07) is 15.1. The number of carbonyl (C=O) groups excluding carboxylic acids is 1. The van der Waals surface area contributed by atoms with Crippen LogP contribution in [0.4, 0.5) is 0 Å². The molecule has 22 heavy (non-hydrogen) atoms. The smallest absolute Gasteiger partial charge is 0.251 e. The molecule has 0 aliphatic carbocycles. The molecule has 0 bridgehead atoms. The lowest BCUT2D eigenvalue weighted by Gasteiger charge is -2.13. The molecule has 0 aromatic heterocycles. The minimum Gasteiger partial charge on any atom is -0.493 e. The fourth-order valence-corrected chi connectivity index (χ4v) is 2.01. The Balaban J connectivity index is 2.15. The normalized spacial score (nSPS) is 10.4. The predicted molar refractivity (Wildman–Crippen MR) is 86.4 cm³/mol. The van der Waals surface area contributed by atoms with Crippen LogP contribution in [-0.2, 0) is 6.61 Å². The quantitative estimate of drug-likeness (QED) is 0.889. The summed E-state index contributed by atoms with van der Waals surface area (Å²) in [5, 5.41) is 2.86. The lowest BCUT2D eigenvalue weighted by atomic mass is 10.1. The summed E-state index contributed by atoms with van der Waals surface area (Å²) in [7, 11) is 1.58. The zero-order chi connectivity index (χ0) is 15.9. The van der Waals surface area contributed by atoms with Gasteiger partial charge in [-0.2, -0.15) is 0 Å². The Morgan fingerprint density at radius 2 is 1.82 bits per heavy atom. The van der Waals surface area contributed by atoms with Crippen molar-refractivity contribution in [3.63, 3.8) is 0 Å².